The summed E-state index contributed by atoms with van der Waals surface area (Å²) in [4.78, 5) is -0.176. The molecule has 0 spiro atoms. The molecule has 1 fully saturated rings. The van der Waals surface area contributed by atoms with Crippen LogP contribution >= 0.6 is 0 Å². The van der Waals surface area contributed by atoms with Gasteiger partial charge in [-0.1, -0.05) is 0 Å². The SMILES string of the molecule is Cc1ccc(S(=O)(=O)N[C@@H]2[C@@H](NS(=O)(=O)c3ccc(C)cc3)[C@@H](COCc3ccccc3)[Se][Se][C@@H]2COCc2ccccc2)cc1. The number of rotatable bonds is 14. The number of benzene rings is 4. The van der Waals surface area contributed by atoms with E-state index >= 15 is 0 Å². The van der Waals surface area contributed by atoms with Gasteiger partial charge in [-0.25, -0.2) is 0 Å². The first kappa shape index (κ1) is 35.0. The van der Waals surface area contributed by atoms with E-state index in [0.717, 1.165) is 22.3 Å². The molecular weight excluding hydrogens is 754 g/mol. The van der Waals surface area contributed by atoms with Crippen molar-refractivity contribution < 1.29 is 26.3 Å². The molecule has 0 unspecified atom stereocenters. The van der Waals surface area contributed by atoms with Crippen LogP contribution in [-0.4, -0.2) is 68.4 Å². The van der Waals surface area contributed by atoms with Crippen molar-refractivity contribution in [2.45, 2.75) is 58.6 Å². The van der Waals surface area contributed by atoms with Crippen LogP contribution in [0.4, 0.5) is 0 Å². The maximum atomic E-state index is 13.8. The van der Waals surface area contributed by atoms with Gasteiger partial charge in [0.2, 0.25) is 0 Å². The van der Waals surface area contributed by atoms with E-state index < -0.39 is 32.1 Å². The third kappa shape index (κ3) is 9.61. The Kier molecular flexibility index (Phi) is 12.3. The molecule has 0 saturated carbocycles. The van der Waals surface area contributed by atoms with Crippen LogP contribution in [0.3, 0.4) is 0 Å². The fraction of sp³-hybridized carbons (Fsp3) is 0.294. The Morgan fingerprint density at radius 3 is 1.24 bits per heavy atom. The molecule has 8 nitrogen and oxygen atoms in total. The van der Waals surface area contributed by atoms with E-state index in [9.17, 15) is 16.8 Å². The molecule has 0 aliphatic carbocycles. The van der Waals surface area contributed by atoms with Gasteiger partial charge in [-0.05, 0) is 0 Å². The van der Waals surface area contributed by atoms with Crippen molar-refractivity contribution in [3.05, 3.63) is 131 Å². The fourth-order valence-corrected chi connectivity index (χ4v) is 17.6. The molecule has 1 aliphatic heterocycles. The quantitative estimate of drug-likeness (QED) is 0.180. The zero-order valence-electron chi connectivity index (χ0n) is 25.6. The van der Waals surface area contributed by atoms with Gasteiger partial charge in [0.05, 0.1) is 0 Å². The molecule has 4 aromatic carbocycles. The van der Waals surface area contributed by atoms with Crippen LogP contribution in [0.5, 0.6) is 0 Å². The van der Waals surface area contributed by atoms with Gasteiger partial charge in [0, 0.05) is 0 Å². The summed E-state index contributed by atoms with van der Waals surface area (Å²) in [5.41, 5.74) is 3.90. The van der Waals surface area contributed by atoms with Gasteiger partial charge in [0.15, 0.2) is 0 Å². The van der Waals surface area contributed by atoms with Crippen molar-refractivity contribution in [3.8, 4) is 0 Å². The minimum absolute atomic E-state index is 0.0171. The van der Waals surface area contributed by atoms with E-state index in [4.69, 9.17) is 9.47 Å². The van der Waals surface area contributed by atoms with Crippen LogP contribution in [-0.2, 0) is 42.7 Å². The van der Waals surface area contributed by atoms with Crippen LogP contribution in [0.1, 0.15) is 22.3 Å². The fourth-order valence-electron chi connectivity index (χ4n) is 4.95. The Morgan fingerprint density at radius 2 is 0.891 bits per heavy atom. The first-order valence-electron chi connectivity index (χ1n) is 14.8. The molecule has 2 N–H and O–H groups in total. The molecule has 4 aromatic rings. The van der Waals surface area contributed by atoms with Crippen molar-refractivity contribution in [2.24, 2.45) is 0 Å². The molecule has 1 saturated heterocycles. The summed E-state index contributed by atoms with van der Waals surface area (Å²) in [6.07, 6.45) is 0. The number of nitrogens with one attached hydrogen (secondary N) is 2. The van der Waals surface area contributed by atoms with E-state index in [1.165, 1.54) is 0 Å². The molecule has 1 aliphatic rings. The molecule has 0 bridgehead atoms. The van der Waals surface area contributed by atoms with E-state index in [-0.39, 0.29) is 58.9 Å². The predicted octanol–water partition coefficient (Wildman–Crippen LogP) is 4.65. The average Bonchev–Trinajstić information content (AvgIpc) is 3.04. The number of hydrogen-bond donors (Lipinski definition) is 2. The van der Waals surface area contributed by atoms with Gasteiger partial charge in [0.1, 0.15) is 0 Å². The first-order valence-corrected chi connectivity index (χ1v) is 24.1. The number of hydrogen-bond acceptors (Lipinski definition) is 6. The minimum atomic E-state index is -4.00. The van der Waals surface area contributed by atoms with E-state index in [1.807, 2.05) is 74.5 Å². The molecule has 0 radical (unpaired) electrons. The summed E-state index contributed by atoms with van der Waals surface area (Å²) in [5, 5.41) is 0. The van der Waals surface area contributed by atoms with E-state index in [1.54, 1.807) is 48.5 Å². The van der Waals surface area contributed by atoms with Crippen molar-refractivity contribution in [1.29, 1.82) is 0 Å². The van der Waals surface area contributed by atoms with Crippen molar-refractivity contribution in [2.75, 3.05) is 13.2 Å². The van der Waals surface area contributed by atoms with Crippen molar-refractivity contribution >= 4 is 46.3 Å². The Bertz CT molecular complexity index is 1630. The number of aryl methyl sites for hydroxylation is 2. The second-order valence-electron chi connectivity index (χ2n) is 11.2. The zero-order valence-corrected chi connectivity index (χ0v) is 30.7. The van der Waals surface area contributed by atoms with Gasteiger partial charge >= 0.3 is 285 Å². The number of sulfonamides is 2. The predicted molar refractivity (Wildman–Crippen MR) is 182 cm³/mol. The molecule has 0 amide bonds. The first-order chi connectivity index (χ1) is 22.1. The molecule has 46 heavy (non-hydrogen) atoms. The summed E-state index contributed by atoms with van der Waals surface area (Å²) in [5.74, 6) is 0. The summed E-state index contributed by atoms with van der Waals surface area (Å²) < 4.78 is 73.5. The zero-order chi connectivity index (χ0) is 32.6. The topological polar surface area (TPSA) is 111 Å². The standard InChI is InChI=1S/C34H38N2O6S2Se2/c1-25-13-17-29(18-14-25)43(37,38)35-33-31(23-41-21-27-9-5-3-6-10-27)45-46-32(24-42-22-28-11-7-4-8-12-28)34(33)36-44(39,40)30-19-15-26(2)16-20-30/h3-20,31-36H,21-24H2,1-2H3/t31-,32-,33+,34+/m1/s1. The third-order valence-electron chi connectivity index (χ3n) is 7.52. The normalized spacial score (nSPS) is 20.4. The van der Waals surface area contributed by atoms with Crippen molar-refractivity contribution in [1.82, 2.24) is 9.44 Å². The Labute approximate surface area is 283 Å². The Hall–Kier alpha value is -2.34. The van der Waals surface area contributed by atoms with Gasteiger partial charge in [-0.2, -0.15) is 0 Å². The molecule has 1 heterocycles. The molecule has 244 valence electrons. The summed E-state index contributed by atoms with van der Waals surface area (Å²) in [7, 11) is -7.99. The van der Waals surface area contributed by atoms with Crippen LogP contribution in [0.2, 0.25) is 9.63 Å². The van der Waals surface area contributed by atoms with Crippen molar-refractivity contribution in [3.63, 3.8) is 0 Å². The number of ether oxygens (including phenoxy) is 2. The van der Waals surface area contributed by atoms with Gasteiger partial charge in [-0.3, -0.25) is 0 Å². The van der Waals surface area contributed by atoms with E-state index in [0.29, 0.717) is 13.2 Å². The monoisotopic (exact) mass is 794 g/mol. The summed E-state index contributed by atoms with van der Waals surface area (Å²) in [6.45, 7) is 5.12. The molecule has 5 rings (SSSR count). The maximum absolute atomic E-state index is 13.8. The van der Waals surface area contributed by atoms with Crippen LogP contribution < -0.4 is 9.44 Å². The summed E-state index contributed by atoms with van der Waals surface area (Å²) in [6, 6.07) is 31.3. The molecule has 0 aromatic heterocycles. The summed E-state index contributed by atoms with van der Waals surface area (Å²) >= 11 is -0.0343. The van der Waals surface area contributed by atoms with Gasteiger partial charge in [-0.15, -0.1) is 0 Å². The second-order valence-corrected chi connectivity index (χ2v) is 22.2. The van der Waals surface area contributed by atoms with Crippen LogP contribution in [0.25, 0.3) is 0 Å². The third-order valence-corrected chi connectivity index (χ3v) is 20.1. The average molecular weight is 793 g/mol. The van der Waals surface area contributed by atoms with E-state index in [2.05, 4.69) is 9.44 Å². The molecular formula is C34H38N2O6S2Se2. The van der Waals surface area contributed by atoms with Crippen LogP contribution in [0, 0.1) is 13.8 Å². The van der Waals surface area contributed by atoms with Crippen LogP contribution in [0.15, 0.2) is 119 Å². The Balaban J connectivity index is 1.45. The molecule has 12 heteroatoms. The van der Waals surface area contributed by atoms with Gasteiger partial charge in [0.25, 0.3) is 0 Å². The Morgan fingerprint density at radius 1 is 0.543 bits per heavy atom. The van der Waals surface area contributed by atoms with Gasteiger partial charge < -0.3 is 0 Å². The second kappa shape index (κ2) is 16.2. The molecule has 4 atom stereocenters.